The molecule has 7 nitrogen and oxygen atoms in total. The molecule has 1 fully saturated rings. The minimum absolute atomic E-state index is 0.00864. The van der Waals surface area contributed by atoms with Gasteiger partial charge in [0.1, 0.15) is 5.82 Å². The number of amides is 1. The summed E-state index contributed by atoms with van der Waals surface area (Å²) in [7, 11) is -3.14. The summed E-state index contributed by atoms with van der Waals surface area (Å²) in [5, 5.41) is 7.88. The number of hydrogen-bond donors (Lipinski definition) is 1. The molecule has 0 bridgehead atoms. The van der Waals surface area contributed by atoms with Crippen molar-refractivity contribution in [3.63, 3.8) is 0 Å². The van der Waals surface area contributed by atoms with Gasteiger partial charge in [0.15, 0.2) is 15.5 Å². The molecule has 5 rings (SSSR count). The van der Waals surface area contributed by atoms with Crippen molar-refractivity contribution >= 4 is 32.5 Å². The van der Waals surface area contributed by atoms with E-state index in [1.165, 1.54) is 18.2 Å². The first-order valence-corrected chi connectivity index (χ1v) is 12.4. The number of hydrogen-bond acceptors (Lipinski definition) is 5. The highest BCUT2D eigenvalue weighted by Gasteiger charge is 2.32. The molecule has 2 aromatic carbocycles. The number of rotatable bonds is 4. The lowest BCUT2D eigenvalue weighted by Gasteiger charge is -2.12. The van der Waals surface area contributed by atoms with E-state index in [2.05, 4.69) is 10.4 Å². The van der Waals surface area contributed by atoms with Crippen LogP contribution in [0.4, 0.5) is 10.1 Å². The molecular formula is C24H21FN4O3S. The summed E-state index contributed by atoms with van der Waals surface area (Å²) in [5.41, 5.74) is 3.08. The second kappa shape index (κ2) is 8.08. The fourth-order valence-corrected chi connectivity index (χ4v) is 5.93. The number of pyridine rings is 1. The zero-order valence-electron chi connectivity index (χ0n) is 17.8. The molecule has 1 aliphatic rings. The summed E-state index contributed by atoms with van der Waals surface area (Å²) >= 11 is 0. The van der Waals surface area contributed by atoms with Gasteiger partial charge in [-0.1, -0.05) is 36.4 Å². The van der Waals surface area contributed by atoms with E-state index in [0.717, 1.165) is 5.56 Å². The molecule has 3 heterocycles. The van der Waals surface area contributed by atoms with Crippen LogP contribution in [0.3, 0.4) is 0 Å². The Morgan fingerprint density at radius 3 is 2.61 bits per heavy atom. The molecule has 1 aliphatic heterocycles. The lowest BCUT2D eigenvalue weighted by atomic mass is 10.0. The van der Waals surface area contributed by atoms with Crippen molar-refractivity contribution < 1.29 is 17.6 Å². The van der Waals surface area contributed by atoms with Crippen LogP contribution in [0.25, 0.3) is 22.3 Å². The van der Waals surface area contributed by atoms with Crippen LogP contribution < -0.4 is 5.32 Å². The first-order valence-electron chi connectivity index (χ1n) is 10.5. The van der Waals surface area contributed by atoms with E-state index in [4.69, 9.17) is 4.98 Å². The van der Waals surface area contributed by atoms with Crippen LogP contribution in [0.5, 0.6) is 0 Å². The minimum Gasteiger partial charge on any atom is -0.322 e. The van der Waals surface area contributed by atoms with Crippen molar-refractivity contribution in [1.29, 1.82) is 0 Å². The van der Waals surface area contributed by atoms with Gasteiger partial charge in [0, 0.05) is 11.3 Å². The Labute approximate surface area is 190 Å². The van der Waals surface area contributed by atoms with E-state index in [9.17, 15) is 17.6 Å². The fraction of sp³-hybridized carbons (Fsp3) is 0.208. The summed E-state index contributed by atoms with van der Waals surface area (Å²) in [6.45, 7) is 1.77. The molecule has 1 saturated heterocycles. The average molecular weight is 465 g/mol. The summed E-state index contributed by atoms with van der Waals surface area (Å²) in [6.07, 6.45) is 0.445. The first kappa shape index (κ1) is 21.3. The van der Waals surface area contributed by atoms with Crippen molar-refractivity contribution in [2.24, 2.45) is 0 Å². The quantitative estimate of drug-likeness (QED) is 0.490. The molecular weight excluding hydrogens is 443 g/mol. The Hall–Kier alpha value is -3.59. The number of fused-ring (bicyclic) bond motifs is 1. The van der Waals surface area contributed by atoms with E-state index >= 15 is 0 Å². The van der Waals surface area contributed by atoms with E-state index in [0.29, 0.717) is 40.1 Å². The van der Waals surface area contributed by atoms with Crippen LogP contribution in [-0.4, -0.2) is 40.6 Å². The molecule has 1 N–H and O–H groups in total. The summed E-state index contributed by atoms with van der Waals surface area (Å²) in [4.78, 5) is 18.1. The molecule has 0 aliphatic carbocycles. The van der Waals surface area contributed by atoms with Crippen molar-refractivity contribution in [2.45, 2.75) is 19.4 Å². The zero-order valence-corrected chi connectivity index (χ0v) is 18.6. The fourth-order valence-electron chi connectivity index (χ4n) is 4.24. The number of sulfone groups is 1. The number of halogens is 1. The normalized spacial score (nSPS) is 17.3. The minimum atomic E-state index is -3.14. The maximum absolute atomic E-state index is 13.6. The number of aryl methyl sites for hydroxylation is 1. The summed E-state index contributed by atoms with van der Waals surface area (Å²) in [5.74, 6) is -0.787. The molecule has 9 heteroatoms. The van der Waals surface area contributed by atoms with Crippen LogP contribution in [-0.2, 0) is 9.84 Å². The second-order valence-electron chi connectivity index (χ2n) is 8.17. The number of aromatic nitrogens is 3. The van der Waals surface area contributed by atoms with Gasteiger partial charge in [-0.05, 0) is 37.6 Å². The Morgan fingerprint density at radius 2 is 1.91 bits per heavy atom. The molecule has 2 aromatic heterocycles. The molecule has 1 atom stereocenters. The molecule has 4 aromatic rings. The number of anilines is 1. The van der Waals surface area contributed by atoms with Gasteiger partial charge >= 0.3 is 0 Å². The number of carbonyl (C=O) groups excluding carboxylic acids is 1. The molecule has 168 valence electrons. The number of benzene rings is 2. The van der Waals surface area contributed by atoms with E-state index < -0.39 is 21.6 Å². The Kier molecular flexibility index (Phi) is 5.20. The van der Waals surface area contributed by atoms with Gasteiger partial charge in [0.2, 0.25) is 0 Å². The third-order valence-electron chi connectivity index (χ3n) is 5.79. The Morgan fingerprint density at radius 1 is 1.12 bits per heavy atom. The van der Waals surface area contributed by atoms with Crippen molar-refractivity contribution in [3.8, 4) is 11.3 Å². The van der Waals surface area contributed by atoms with Crippen LogP contribution >= 0.6 is 0 Å². The third-order valence-corrected chi connectivity index (χ3v) is 7.54. The first-order chi connectivity index (χ1) is 15.8. The Balaban J connectivity index is 1.68. The van der Waals surface area contributed by atoms with Crippen LogP contribution in [0, 0.1) is 12.7 Å². The predicted molar refractivity (Wildman–Crippen MR) is 124 cm³/mol. The number of nitrogens with zero attached hydrogens (tertiary/aromatic N) is 3. The SMILES string of the molecule is Cc1nn([C@H]2CCS(=O)(=O)C2)c2nc(-c3ccccc3)cc(C(=O)Nc3cccc(F)c3)c12. The summed E-state index contributed by atoms with van der Waals surface area (Å²) in [6, 6.07) is 16.4. The zero-order chi connectivity index (χ0) is 23.2. The highest BCUT2D eigenvalue weighted by atomic mass is 32.2. The molecule has 0 unspecified atom stereocenters. The highest BCUT2D eigenvalue weighted by Crippen LogP contribution is 2.32. The molecule has 33 heavy (non-hydrogen) atoms. The lowest BCUT2D eigenvalue weighted by Crippen LogP contribution is -2.15. The van der Waals surface area contributed by atoms with Crippen LogP contribution in [0.15, 0.2) is 60.7 Å². The van der Waals surface area contributed by atoms with Gasteiger partial charge < -0.3 is 5.32 Å². The smallest absolute Gasteiger partial charge is 0.256 e. The monoisotopic (exact) mass is 464 g/mol. The average Bonchev–Trinajstić information content (AvgIpc) is 3.32. The van der Waals surface area contributed by atoms with E-state index in [1.54, 1.807) is 23.7 Å². The van der Waals surface area contributed by atoms with Crippen LogP contribution in [0.2, 0.25) is 0 Å². The van der Waals surface area contributed by atoms with Crippen molar-refractivity contribution in [3.05, 3.63) is 77.7 Å². The van der Waals surface area contributed by atoms with E-state index in [1.807, 2.05) is 30.3 Å². The molecule has 0 spiro atoms. The topological polar surface area (TPSA) is 93.9 Å². The van der Waals surface area contributed by atoms with Crippen molar-refractivity contribution in [1.82, 2.24) is 14.8 Å². The largest absolute Gasteiger partial charge is 0.322 e. The molecule has 0 saturated carbocycles. The predicted octanol–water partition coefficient (Wildman–Crippen LogP) is 4.16. The van der Waals surface area contributed by atoms with Crippen molar-refractivity contribution in [2.75, 3.05) is 16.8 Å². The standard InChI is InChI=1S/C24H21FN4O3S/c1-15-22-20(24(30)26-18-9-5-8-17(25)12-18)13-21(16-6-3-2-4-7-16)27-23(22)29(28-15)19-10-11-33(31,32)14-19/h2-9,12-13,19H,10-11,14H2,1H3,(H,26,30)/t19-/m0/s1. The maximum Gasteiger partial charge on any atom is 0.256 e. The van der Waals surface area contributed by atoms with Crippen LogP contribution in [0.1, 0.15) is 28.5 Å². The van der Waals surface area contributed by atoms with E-state index in [-0.39, 0.29) is 17.5 Å². The summed E-state index contributed by atoms with van der Waals surface area (Å²) < 4.78 is 39.5. The Bertz CT molecular complexity index is 1480. The van der Waals surface area contributed by atoms with Gasteiger partial charge in [-0.15, -0.1) is 0 Å². The highest BCUT2D eigenvalue weighted by molar-refractivity contribution is 7.91. The number of carbonyl (C=O) groups is 1. The molecule has 1 amide bonds. The molecule has 0 radical (unpaired) electrons. The van der Waals surface area contributed by atoms with Gasteiger partial charge in [-0.2, -0.15) is 5.10 Å². The maximum atomic E-state index is 13.6. The van der Waals surface area contributed by atoms with Gasteiger partial charge in [0.05, 0.1) is 39.9 Å². The van der Waals surface area contributed by atoms with Gasteiger partial charge in [-0.3, -0.25) is 4.79 Å². The van der Waals surface area contributed by atoms with Gasteiger partial charge in [-0.25, -0.2) is 22.5 Å². The number of nitrogens with one attached hydrogen (secondary N) is 1. The van der Waals surface area contributed by atoms with Gasteiger partial charge in [0.25, 0.3) is 5.91 Å². The third kappa shape index (κ3) is 4.11. The second-order valence-corrected chi connectivity index (χ2v) is 10.4. The lowest BCUT2D eigenvalue weighted by molar-refractivity contribution is 0.102.